The molecule has 1 aromatic heterocycles. The van der Waals surface area contributed by atoms with E-state index in [0.717, 1.165) is 12.1 Å². The average Bonchev–Trinajstić information content (AvgIpc) is 2.85. The van der Waals surface area contributed by atoms with Gasteiger partial charge in [0.2, 0.25) is 5.89 Å². The molecule has 0 fully saturated rings. The Labute approximate surface area is 112 Å². The summed E-state index contributed by atoms with van der Waals surface area (Å²) in [4.78, 5) is 3.92. The quantitative estimate of drug-likeness (QED) is 0.893. The number of hydrogen-bond donors (Lipinski definition) is 2. The van der Waals surface area contributed by atoms with Crippen molar-refractivity contribution in [3.05, 3.63) is 47.1 Å². The molecule has 0 aliphatic heterocycles. The lowest BCUT2D eigenvalue weighted by atomic mass is 10.1. The monoisotopic (exact) mass is 287 g/mol. The first-order valence-electron chi connectivity index (χ1n) is 5.75. The third-order valence-corrected chi connectivity index (χ3v) is 2.61. The fourth-order valence-corrected chi connectivity index (χ4v) is 1.61. The van der Waals surface area contributed by atoms with Crippen LogP contribution in [0.4, 0.5) is 13.2 Å². The Balaban J connectivity index is 2.16. The molecule has 0 spiro atoms. The molecule has 0 radical (unpaired) electrons. The highest BCUT2D eigenvalue weighted by atomic mass is 19.4. The van der Waals surface area contributed by atoms with E-state index < -0.39 is 17.8 Å². The van der Waals surface area contributed by atoms with Gasteiger partial charge in [-0.05, 0) is 11.6 Å². The first kappa shape index (κ1) is 14.5. The van der Waals surface area contributed by atoms with Gasteiger partial charge < -0.3 is 15.4 Å². The lowest BCUT2D eigenvalue weighted by Gasteiger charge is -2.07. The third-order valence-electron chi connectivity index (χ3n) is 2.61. The number of hydrogen-bond acceptors (Lipinski definition) is 5. The van der Waals surface area contributed by atoms with Crippen LogP contribution in [0.25, 0.3) is 0 Å². The van der Waals surface area contributed by atoms with Crippen LogP contribution in [0.3, 0.4) is 0 Å². The number of aliphatic hydroxyl groups is 1. The second-order valence-electron chi connectivity index (χ2n) is 4.21. The van der Waals surface area contributed by atoms with E-state index in [-0.39, 0.29) is 24.7 Å². The fraction of sp³-hybridized carbons (Fsp3) is 0.333. The van der Waals surface area contributed by atoms with Crippen LogP contribution in [-0.4, -0.2) is 21.9 Å². The van der Waals surface area contributed by atoms with Crippen LogP contribution in [0.15, 0.2) is 28.8 Å². The summed E-state index contributed by atoms with van der Waals surface area (Å²) in [5, 5.41) is 12.4. The topological polar surface area (TPSA) is 85.2 Å². The first-order chi connectivity index (χ1) is 9.40. The molecule has 0 saturated heterocycles. The molecular weight excluding hydrogens is 275 g/mol. The molecule has 20 heavy (non-hydrogen) atoms. The van der Waals surface area contributed by atoms with Gasteiger partial charge in [0.15, 0.2) is 5.82 Å². The maximum absolute atomic E-state index is 12.6. The van der Waals surface area contributed by atoms with Crippen LogP contribution < -0.4 is 5.73 Å². The average molecular weight is 287 g/mol. The van der Waals surface area contributed by atoms with E-state index in [2.05, 4.69) is 10.1 Å². The molecule has 0 saturated carbocycles. The third kappa shape index (κ3) is 3.34. The molecule has 5 nitrogen and oxygen atoms in total. The minimum absolute atomic E-state index is 0.0504. The van der Waals surface area contributed by atoms with Crippen LogP contribution in [-0.2, 0) is 12.6 Å². The van der Waals surface area contributed by atoms with Crippen LogP contribution in [0.2, 0.25) is 0 Å². The Kier molecular flexibility index (Phi) is 4.05. The van der Waals surface area contributed by atoms with E-state index >= 15 is 0 Å². The Morgan fingerprint density at radius 1 is 1.35 bits per heavy atom. The normalized spacial score (nSPS) is 13.4. The zero-order chi connectivity index (χ0) is 14.8. The maximum atomic E-state index is 12.6. The Hall–Kier alpha value is -1.93. The maximum Gasteiger partial charge on any atom is 0.416 e. The standard InChI is InChI=1S/C12H12F3N3O2/c13-12(14,15)8-3-1-2-7(4-8)5-10-17-11(20-18-10)9(16)6-19/h1-4,9,19H,5-6,16H2/t9-/m0/s1. The summed E-state index contributed by atoms with van der Waals surface area (Å²) in [6, 6.07) is 4.09. The Bertz CT molecular complexity index is 583. The van der Waals surface area contributed by atoms with Crippen molar-refractivity contribution >= 4 is 0 Å². The number of halogens is 3. The zero-order valence-electron chi connectivity index (χ0n) is 10.3. The van der Waals surface area contributed by atoms with Gasteiger partial charge in [0.25, 0.3) is 0 Å². The number of nitrogens with two attached hydrogens (primary N) is 1. The molecular formula is C12H12F3N3O2. The molecule has 2 rings (SSSR count). The summed E-state index contributed by atoms with van der Waals surface area (Å²) in [7, 11) is 0. The molecule has 1 aromatic carbocycles. The van der Waals surface area contributed by atoms with E-state index in [1.54, 1.807) is 0 Å². The highest BCUT2D eigenvalue weighted by molar-refractivity contribution is 5.27. The smallest absolute Gasteiger partial charge is 0.394 e. The minimum atomic E-state index is -4.39. The Morgan fingerprint density at radius 2 is 2.10 bits per heavy atom. The SMILES string of the molecule is N[C@@H](CO)c1nc(Cc2cccc(C(F)(F)F)c2)no1. The molecule has 0 unspecified atom stereocenters. The molecule has 0 aliphatic carbocycles. The molecule has 2 aromatic rings. The van der Waals surface area contributed by atoms with Crippen molar-refractivity contribution in [1.29, 1.82) is 0 Å². The van der Waals surface area contributed by atoms with Crippen LogP contribution in [0.1, 0.15) is 28.9 Å². The predicted molar refractivity (Wildman–Crippen MR) is 62.6 cm³/mol. The molecule has 8 heteroatoms. The number of alkyl halides is 3. The summed E-state index contributed by atoms with van der Waals surface area (Å²) >= 11 is 0. The largest absolute Gasteiger partial charge is 0.416 e. The van der Waals surface area contributed by atoms with Gasteiger partial charge in [-0.3, -0.25) is 0 Å². The molecule has 108 valence electrons. The number of nitrogens with zero attached hydrogens (tertiary/aromatic N) is 2. The van der Waals surface area contributed by atoms with E-state index in [0.29, 0.717) is 5.56 Å². The van der Waals surface area contributed by atoms with Gasteiger partial charge in [0.05, 0.1) is 12.2 Å². The predicted octanol–water partition coefficient (Wildman–Crippen LogP) is 1.67. The van der Waals surface area contributed by atoms with Crippen molar-refractivity contribution in [3.63, 3.8) is 0 Å². The van der Waals surface area contributed by atoms with Gasteiger partial charge in [0.1, 0.15) is 6.04 Å². The molecule has 3 N–H and O–H groups in total. The molecule has 1 heterocycles. The van der Waals surface area contributed by atoms with Gasteiger partial charge in [0, 0.05) is 6.42 Å². The minimum Gasteiger partial charge on any atom is -0.394 e. The first-order valence-corrected chi connectivity index (χ1v) is 5.75. The van der Waals surface area contributed by atoms with Crippen molar-refractivity contribution in [1.82, 2.24) is 10.1 Å². The number of aliphatic hydroxyl groups excluding tert-OH is 1. The van der Waals surface area contributed by atoms with Crippen LogP contribution >= 0.6 is 0 Å². The van der Waals surface area contributed by atoms with Crippen molar-refractivity contribution in [2.75, 3.05) is 6.61 Å². The van der Waals surface area contributed by atoms with Gasteiger partial charge in [-0.1, -0.05) is 23.4 Å². The summed E-state index contributed by atoms with van der Waals surface area (Å²) in [6.07, 6.45) is -4.30. The summed E-state index contributed by atoms with van der Waals surface area (Å²) in [5.74, 6) is 0.262. The van der Waals surface area contributed by atoms with E-state index in [1.165, 1.54) is 12.1 Å². The summed E-state index contributed by atoms with van der Waals surface area (Å²) in [6.45, 7) is -0.356. The number of benzene rings is 1. The van der Waals surface area contributed by atoms with E-state index in [1.807, 2.05) is 0 Å². The van der Waals surface area contributed by atoms with Crippen molar-refractivity contribution < 1.29 is 22.8 Å². The zero-order valence-corrected chi connectivity index (χ0v) is 10.3. The summed E-state index contributed by atoms with van der Waals surface area (Å²) in [5.41, 5.74) is 5.16. The van der Waals surface area contributed by atoms with E-state index in [9.17, 15) is 13.2 Å². The summed E-state index contributed by atoms with van der Waals surface area (Å²) < 4.78 is 42.5. The van der Waals surface area contributed by atoms with Crippen LogP contribution in [0, 0.1) is 0 Å². The van der Waals surface area contributed by atoms with E-state index in [4.69, 9.17) is 15.4 Å². The van der Waals surface area contributed by atoms with Gasteiger partial charge >= 0.3 is 6.18 Å². The van der Waals surface area contributed by atoms with Gasteiger partial charge in [-0.15, -0.1) is 0 Å². The second-order valence-corrected chi connectivity index (χ2v) is 4.21. The van der Waals surface area contributed by atoms with Gasteiger partial charge in [-0.2, -0.15) is 18.2 Å². The highest BCUT2D eigenvalue weighted by Crippen LogP contribution is 2.29. The second kappa shape index (κ2) is 5.59. The van der Waals surface area contributed by atoms with Crippen molar-refractivity contribution in [2.45, 2.75) is 18.6 Å². The molecule has 0 amide bonds. The van der Waals surface area contributed by atoms with Crippen molar-refractivity contribution in [2.24, 2.45) is 5.73 Å². The lowest BCUT2D eigenvalue weighted by Crippen LogP contribution is -2.14. The molecule has 0 aliphatic rings. The highest BCUT2D eigenvalue weighted by Gasteiger charge is 2.30. The fourth-order valence-electron chi connectivity index (χ4n) is 1.61. The lowest BCUT2D eigenvalue weighted by molar-refractivity contribution is -0.137. The molecule has 1 atom stereocenters. The van der Waals surface area contributed by atoms with Crippen LogP contribution in [0.5, 0.6) is 0 Å². The molecule has 0 bridgehead atoms. The van der Waals surface area contributed by atoms with Gasteiger partial charge in [-0.25, -0.2) is 0 Å². The number of aromatic nitrogens is 2. The number of rotatable bonds is 4. The Morgan fingerprint density at radius 3 is 2.75 bits per heavy atom. The van der Waals surface area contributed by atoms with Crippen molar-refractivity contribution in [3.8, 4) is 0 Å².